The summed E-state index contributed by atoms with van der Waals surface area (Å²) in [7, 11) is 1.72. The number of hydrogen-bond acceptors (Lipinski definition) is 3. The molecule has 4 rings (SSSR count). The van der Waals surface area contributed by atoms with Crippen molar-refractivity contribution in [1.82, 2.24) is 20.8 Å². The number of aliphatic imine (C=N–C) groups is 1. The minimum absolute atomic E-state index is 0. The van der Waals surface area contributed by atoms with Gasteiger partial charge in [-0.15, -0.1) is 24.0 Å². The zero-order valence-electron chi connectivity index (χ0n) is 16.5. The lowest BCUT2D eigenvalue weighted by molar-refractivity contribution is 0.422. The van der Waals surface area contributed by atoms with Gasteiger partial charge >= 0.3 is 0 Å². The van der Waals surface area contributed by atoms with E-state index in [9.17, 15) is 4.39 Å². The smallest absolute Gasteiger partial charge is 0.191 e. The first-order valence-electron chi connectivity index (χ1n) is 9.44. The molecule has 30 heavy (non-hydrogen) atoms. The molecular weight excluding hydrogens is 496 g/mol. The van der Waals surface area contributed by atoms with Crippen molar-refractivity contribution in [2.24, 2.45) is 4.99 Å². The fourth-order valence-corrected chi connectivity index (χ4v) is 3.21. The van der Waals surface area contributed by atoms with Crippen LogP contribution < -0.4 is 10.6 Å². The van der Waals surface area contributed by atoms with Gasteiger partial charge in [-0.05, 0) is 30.2 Å². The molecular formula is C22H23FIN5O. The highest BCUT2D eigenvalue weighted by atomic mass is 127. The van der Waals surface area contributed by atoms with Crippen LogP contribution in [0.1, 0.15) is 11.3 Å². The standard InChI is InChI=1S/C22H22FN5O.HI/c1-24-22(25-10-9-16-13-26-20-11-17(23)7-8-19(16)20)27-14-18-12-21(29-28-18)15-5-3-2-4-6-15;/h2-8,11-13,26H,9-10,14H2,1H3,(H2,24,25,27);1H. The molecule has 0 radical (unpaired) electrons. The third kappa shape index (κ3) is 5.18. The predicted octanol–water partition coefficient (Wildman–Crippen LogP) is 4.49. The number of guanidine groups is 1. The Kier molecular flexibility index (Phi) is 7.45. The molecule has 0 atom stereocenters. The molecule has 0 aliphatic carbocycles. The highest BCUT2D eigenvalue weighted by molar-refractivity contribution is 14.0. The number of aromatic amines is 1. The van der Waals surface area contributed by atoms with Crippen LogP contribution in [0.5, 0.6) is 0 Å². The van der Waals surface area contributed by atoms with Crippen molar-refractivity contribution >= 4 is 40.8 Å². The van der Waals surface area contributed by atoms with Gasteiger partial charge in [0.15, 0.2) is 11.7 Å². The number of halogens is 2. The maximum Gasteiger partial charge on any atom is 0.191 e. The molecule has 2 aromatic heterocycles. The summed E-state index contributed by atoms with van der Waals surface area (Å²) < 4.78 is 18.7. The van der Waals surface area contributed by atoms with Crippen molar-refractivity contribution in [3.8, 4) is 11.3 Å². The molecule has 2 heterocycles. The molecule has 156 valence electrons. The van der Waals surface area contributed by atoms with Gasteiger partial charge < -0.3 is 20.1 Å². The quantitative estimate of drug-likeness (QED) is 0.199. The van der Waals surface area contributed by atoms with Crippen molar-refractivity contribution < 1.29 is 8.91 Å². The van der Waals surface area contributed by atoms with Gasteiger partial charge in [-0.3, -0.25) is 4.99 Å². The Morgan fingerprint density at radius 3 is 2.77 bits per heavy atom. The third-order valence-corrected chi connectivity index (χ3v) is 4.69. The molecule has 0 fully saturated rings. The van der Waals surface area contributed by atoms with Crippen LogP contribution in [-0.4, -0.2) is 29.7 Å². The van der Waals surface area contributed by atoms with Crippen LogP contribution in [0.15, 0.2) is 70.3 Å². The van der Waals surface area contributed by atoms with E-state index in [-0.39, 0.29) is 29.8 Å². The molecule has 0 aliphatic heterocycles. The largest absolute Gasteiger partial charge is 0.361 e. The van der Waals surface area contributed by atoms with Gasteiger partial charge in [0.05, 0.1) is 6.54 Å². The van der Waals surface area contributed by atoms with Gasteiger partial charge in [0, 0.05) is 42.3 Å². The molecule has 0 saturated heterocycles. The monoisotopic (exact) mass is 519 g/mol. The van der Waals surface area contributed by atoms with E-state index in [1.165, 1.54) is 12.1 Å². The van der Waals surface area contributed by atoms with Crippen LogP contribution >= 0.6 is 24.0 Å². The highest BCUT2D eigenvalue weighted by Gasteiger charge is 2.08. The molecule has 6 nitrogen and oxygen atoms in total. The fraction of sp³-hybridized carbons (Fsp3) is 0.182. The van der Waals surface area contributed by atoms with Crippen LogP contribution in [0.4, 0.5) is 4.39 Å². The maximum absolute atomic E-state index is 13.3. The second-order valence-corrected chi connectivity index (χ2v) is 6.65. The molecule has 0 amide bonds. The van der Waals surface area contributed by atoms with Crippen LogP contribution in [0.3, 0.4) is 0 Å². The van der Waals surface area contributed by atoms with Crippen molar-refractivity contribution in [3.05, 3.63) is 77.9 Å². The molecule has 4 aromatic rings. The summed E-state index contributed by atoms with van der Waals surface area (Å²) in [5.74, 6) is 1.18. The molecule has 0 spiro atoms. The first-order chi connectivity index (χ1) is 14.2. The fourth-order valence-electron chi connectivity index (χ4n) is 3.21. The lowest BCUT2D eigenvalue weighted by atomic mass is 10.1. The Balaban J connectivity index is 0.00000256. The van der Waals surface area contributed by atoms with Gasteiger partial charge in [0.2, 0.25) is 0 Å². The summed E-state index contributed by atoms with van der Waals surface area (Å²) in [4.78, 5) is 7.35. The number of H-pyrrole nitrogens is 1. The number of nitrogens with zero attached hydrogens (tertiary/aromatic N) is 2. The Hall–Kier alpha value is -2.88. The number of benzene rings is 2. The zero-order chi connectivity index (χ0) is 20.1. The number of rotatable bonds is 6. The van der Waals surface area contributed by atoms with E-state index in [0.29, 0.717) is 19.0 Å². The second-order valence-electron chi connectivity index (χ2n) is 6.65. The lowest BCUT2D eigenvalue weighted by Gasteiger charge is -2.10. The Morgan fingerprint density at radius 1 is 1.13 bits per heavy atom. The van der Waals surface area contributed by atoms with Gasteiger partial charge in [-0.2, -0.15) is 0 Å². The Bertz CT molecular complexity index is 1120. The number of nitrogens with one attached hydrogen (secondary N) is 3. The van der Waals surface area contributed by atoms with Gasteiger partial charge in [0.25, 0.3) is 0 Å². The van der Waals surface area contributed by atoms with Gasteiger partial charge in [0.1, 0.15) is 11.5 Å². The van der Waals surface area contributed by atoms with Crippen LogP contribution in [0, 0.1) is 5.82 Å². The van der Waals surface area contributed by atoms with Crippen LogP contribution in [0.2, 0.25) is 0 Å². The van der Waals surface area contributed by atoms with Crippen molar-refractivity contribution in [1.29, 1.82) is 0 Å². The molecule has 0 unspecified atom stereocenters. The summed E-state index contributed by atoms with van der Waals surface area (Å²) in [6.07, 6.45) is 2.71. The summed E-state index contributed by atoms with van der Waals surface area (Å²) in [6.45, 7) is 1.19. The zero-order valence-corrected chi connectivity index (χ0v) is 18.8. The highest BCUT2D eigenvalue weighted by Crippen LogP contribution is 2.20. The number of aromatic nitrogens is 2. The third-order valence-electron chi connectivity index (χ3n) is 4.69. The average Bonchev–Trinajstić information content (AvgIpc) is 3.38. The SMILES string of the molecule is CN=C(NCCc1c[nH]c2cc(F)ccc12)NCc1cc(-c2ccccc2)on1.I. The van der Waals surface area contributed by atoms with Crippen LogP contribution in [-0.2, 0) is 13.0 Å². The minimum Gasteiger partial charge on any atom is -0.361 e. The molecule has 0 saturated carbocycles. The molecule has 3 N–H and O–H groups in total. The van der Waals surface area contributed by atoms with E-state index < -0.39 is 0 Å². The predicted molar refractivity (Wildman–Crippen MR) is 128 cm³/mol. The summed E-state index contributed by atoms with van der Waals surface area (Å²) in [5, 5.41) is 11.7. The minimum atomic E-state index is -0.239. The normalized spacial score (nSPS) is 11.3. The molecule has 2 aromatic carbocycles. The van der Waals surface area contributed by atoms with E-state index in [2.05, 4.69) is 25.8 Å². The summed E-state index contributed by atoms with van der Waals surface area (Å²) in [6, 6.07) is 16.6. The van der Waals surface area contributed by atoms with Crippen LogP contribution in [0.25, 0.3) is 22.2 Å². The van der Waals surface area contributed by atoms with Crippen molar-refractivity contribution in [3.63, 3.8) is 0 Å². The summed E-state index contributed by atoms with van der Waals surface area (Å²) >= 11 is 0. The molecule has 8 heteroatoms. The first kappa shape index (κ1) is 21.8. The molecule has 0 aliphatic rings. The maximum atomic E-state index is 13.3. The summed E-state index contributed by atoms with van der Waals surface area (Å²) in [5.41, 5.74) is 3.73. The number of fused-ring (bicyclic) bond motifs is 1. The average molecular weight is 519 g/mol. The Labute approximate surface area is 191 Å². The van der Waals surface area contributed by atoms with E-state index in [4.69, 9.17) is 4.52 Å². The Morgan fingerprint density at radius 2 is 1.97 bits per heavy atom. The topological polar surface area (TPSA) is 78.2 Å². The van der Waals surface area contributed by atoms with E-state index >= 15 is 0 Å². The first-order valence-corrected chi connectivity index (χ1v) is 9.44. The number of hydrogen-bond donors (Lipinski definition) is 3. The second kappa shape index (κ2) is 10.2. The van der Waals surface area contributed by atoms with Crippen molar-refractivity contribution in [2.45, 2.75) is 13.0 Å². The van der Waals surface area contributed by atoms with E-state index in [0.717, 1.165) is 39.9 Å². The van der Waals surface area contributed by atoms with E-state index in [1.807, 2.05) is 42.6 Å². The van der Waals surface area contributed by atoms with Gasteiger partial charge in [-0.25, -0.2) is 4.39 Å². The lowest BCUT2D eigenvalue weighted by Crippen LogP contribution is -2.37. The van der Waals surface area contributed by atoms with E-state index in [1.54, 1.807) is 13.1 Å². The molecule has 0 bridgehead atoms. The van der Waals surface area contributed by atoms with Gasteiger partial charge in [-0.1, -0.05) is 35.5 Å². The van der Waals surface area contributed by atoms with Crippen molar-refractivity contribution in [2.75, 3.05) is 13.6 Å².